The van der Waals surface area contributed by atoms with Crippen LogP contribution in [0, 0.1) is 0 Å². The Morgan fingerprint density at radius 2 is 2.10 bits per heavy atom. The molecule has 2 fully saturated rings. The third-order valence-corrected chi connectivity index (χ3v) is 5.52. The molecule has 2 N–H and O–H groups in total. The number of amides is 2. The Bertz CT molecular complexity index is 925. The lowest BCUT2D eigenvalue weighted by Crippen LogP contribution is -2.49. The van der Waals surface area contributed by atoms with Gasteiger partial charge in [0, 0.05) is 31.1 Å². The molecule has 0 unspecified atom stereocenters. The first kappa shape index (κ1) is 21.4. The highest BCUT2D eigenvalue weighted by Gasteiger charge is 2.36. The highest BCUT2D eigenvalue weighted by molar-refractivity contribution is 5.89. The zero-order valence-electron chi connectivity index (χ0n) is 17.8. The maximum atomic E-state index is 13.1. The third-order valence-electron chi connectivity index (χ3n) is 5.52. The lowest BCUT2D eigenvalue weighted by atomic mass is 10.0. The second-order valence-corrected chi connectivity index (χ2v) is 7.84. The van der Waals surface area contributed by atoms with Crippen molar-refractivity contribution >= 4 is 22.8 Å². The minimum atomic E-state index is -0.486. The monoisotopic (exact) mass is 427 g/mol. The van der Waals surface area contributed by atoms with Crippen LogP contribution in [-0.2, 0) is 20.8 Å². The van der Waals surface area contributed by atoms with Gasteiger partial charge in [-0.15, -0.1) is 0 Å². The van der Waals surface area contributed by atoms with E-state index in [0.29, 0.717) is 32.8 Å². The number of methoxy groups -OCH3 is 1. The minimum absolute atomic E-state index is 0.0487. The van der Waals surface area contributed by atoms with E-state index in [0.717, 1.165) is 41.5 Å². The molecule has 8 heteroatoms. The quantitative estimate of drug-likeness (QED) is 0.627. The molecule has 0 radical (unpaired) electrons. The summed E-state index contributed by atoms with van der Waals surface area (Å²) < 4.78 is 16.3. The fourth-order valence-electron chi connectivity index (χ4n) is 3.81. The standard InChI is InChI=1S/C23H29N3O5/c1-29-23(28)25-9-11-30-20-13-16(12-17-4-2-3-5-19(17)20)15-26(18-6-7-18)22(27)21-14-24-8-10-31-21/h2-5,12-13,18,21,24H,6-11,14-15H2,1H3,(H,25,28)/t21-/m1/s1. The number of nitrogens with zero attached hydrogens (tertiary/aromatic N) is 1. The van der Waals surface area contributed by atoms with Crippen molar-refractivity contribution in [1.29, 1.82) is 0 Å². The van der Waals surface area contributed by atoms with Crippen molar-refractivity contribution in [2.45, 2.75) is 31.5 Å². The van der Waals surface area contributed by atoms with Crippen LogP contribution in [0.3, 0.4) is 0 Å². The van der Waals surface area contributed by atoms with Crippen molar-refractivity contribution in [3.05, 3.63) is 42.0 Å². The van der Waals surface area contributed by atoms with Gasteiger partial charge in [0.05, 0.1) is 20.3 Å². The van der Waals surface area contributed by atoms with Gasteiger partial charge in [0.2, 0.25) is 0 Å². The number of alkyl carbamates (subject to hydrolysis) is 1. The number of carbonyl (C=O) groups excluding carboxylic acids is 2. The number of hydrogen-bond acceptors (Lipinski definition) is 6. The first-order valence-electron chi connectivity index (χ1n) is 10.7. The molecule has 4 rings (SSSR count). The first-order valence-corrected chi connectivity index (χ1v) is 10.7. The summed E-state index contributed by atoms with van der Waals surface area (Å²) in [6.07, 6.45) is 1.15. The summed E-state index contributed by atoms with van der Waals surface area (Å²) in [6.45, 7) is 3.07. The molecule has 0 aromatic heterocycles. The Kier molecular flexibility index (Phi) is 6.89. The summed E-state index contributed by atoms with van der Waals surface area (Å²) in [7, 11) is 1.33. The second kappa shape index (κ2) is 9.98. The number of ether oxygens (including phenoxy) is 3. The molecule has 0 spiro atoms. The van der Waals surface area contributed by atoms with E-state index in [1.54, 1.807) is 0 Å². The molecule has 166 valence electrons. The number of morpholine rings is 1. The average molecular weight is 428 g/mol. The predicted octanol–water partition coefficient (Wildman–Crippen LogP) is 2.05. The molecule has 2 aliphatic rings. The van der Waals surface area contributed by atoms with Gasteiger partial charge in [-0.05, 0) is 35.9 Å². The fourth-order valence-corrected chi connectivity index (χ4v) is 3.81. The van der Waals surface area contributed by atoms with Crippen LogP contribution in [0.5, 0.6) is 5.75 Å². The van der Waals surface area contributed by atoms with Gasteiger partial charge < -0.3 is 29.7 Å². The molecule has 0 bridgehead atoms. The molecular weight excluding hydrogens is 398 g/mol. The van der Waals surface area contributed by atoms with Crippen LogP contribution in [-0.4, -0.2) is 69.0 Å². The molecule has 1 atom stereocenters. The molecule has 1 aliphatic heterocycles. The van der Waals surface area contributed by atoms with Crippen LogP contribution in [0.1, 0.15) is 18.4 Å². The van der Waals surface area contributed by atoms with Gasteiger partial charge in [0.15, 0.2) is 0 Å². The van der Waals surface area contributed by atoms with Crippen molar-refractivity contribution in [2.24, 2.45) is 0 Å². The highest BCUT2D eigenvalue weighted by atomic mass is 16.5. The third kappa shape index (κ3) is 5.45. The lowest BCUT2D eigenvalue weighted by Gasteiger charge is -2.30. The van der Waals surface area contributed by atoms with Crippen molar-refractivity contribution in [2.75, 3.05) is 40.0 Å². The molecule has 8 nitrogen and oxygen atoms in total. The summed E-state index contributed by atoms with van der Waals surface area (Å²) in [5.74, 6) is 0.783. The summed E-state index contributed by atoms with van der Waals surface area (Å²) in [5, 5.41) is 7.89. The van der Waals surface area contributed by atoms with Crippen LogP contribution in [0.4, 0.5) is 4.79 Å². The van der Waals surface area contributed by atoms with Gasteiger partial charge in [-0.3, -0.25) is 4.79 Å². The second-order valence-electron chi connectivity index (χ2n) is 7.84. The predicted molar refractivity (Wildman–Crippen MR) is 116 cm³/mol. The lowest BCUT2D eigenvalue weighted by molar-refractivity contribution is -0.146. The number of nitrogens with one attached hydrogen (secondary N) is 2. The summed E-state index contributed by atoms with van der Waals surface area (Å²) in [6, 6.07) is 12.4. The summed E-state index contributed by atoms with van der Waals surface area (Å²) in [5.41, 5.74) is 1.01. The van der Waals surface area contributed by atoms with Gasteiger partial charge in [-0.25, -0.2) is 4.79 Å². The van der Waals surface area contributed by atoms with Crippen molar-refractivity contribution in [1.82, 2.24) is 15.5 Å². The average Bonchev–Trinajstić information content (AvgIpc) is 3.65. The zero-order valence-corrected chi connectivity index (χ0v) is 17.8. The van der Waals surface area contributed by atoms with Crippen LogP contribution in [0.15, 0.2) is 36.4 Å². The fraction of sp³-hybridized carbons (Fsp3) is 0.478. The van der Waals surface area contributed by atoms with Gasteiger partial charge in [-0.2, -0.15) is 0 Å². The topological polar surface area (TPSA) is 89.1 Å². The van der Waals surface area contributed by atoms with Crippen molar-refractivity contribution in [3.8, 4) is 5.75 Å². The van der Waals surface area contributed by atoms with E-state index in [9.17, 15) is 9.59 Å². The number of hydrogen-bond donors (Lipinski definition) is 2. The maximum absolute atomic E-state index is 13.1. The number of fused-ring (bicyclic) bond motifs is 1. The minimum Gasteiger partial charge on any atom is -0.491 e. The van der Waals surface area contributed by atoms with Crippen molar-refractivity contribution < 1.29 is 23.8 Å². The van der Waals surface area contributed by atoms with Crippen molar-refractivity contribution in [3.63, 3.8) is 0 Å². The molecule has 31 heavy (non-hydrogen) atoms. The zero-order chi connectivity index (χ0) is 21.6. The Morgan fingerprint density at radius 1 is 1.26 bits per heavy atom. The van der Waals surface area contributed by atoms with Gasteiger partial charge in [0.1, 0.15) is 18.5 Å². The van der Waals surface area contributed by atoms with E-state index < -0.39 is 12.2 Å². The number of benzene rings is 2. The molecule has 2 amide bonds. The Labute approximate surface area is 181 Å². The molecule has 1 saturated heterocycles. The van der Waals surface area contributed by atoms with Crippen LogP contribution >= 0.6 is 0 Å². The van der Waals surface area contributed by atoms with E-state index in [1.807, 2.05) is 35.2 Å². The first-order chi connectivity index (χ1) is 15.2. The Morgan fingerprint density at radius 3 is 2.84 bits per heavy atom. The van der Waals surface area contributed by atoms with E-state index in [2.05, 4.69) is 21.4 Å². The van der Waals surface area contributed by atoms with E-state index >= 15 is 0 Å². The van der Waals surface area contributed by atoms with E-state index in [1.165, 1.54) is 7.11 Å². The Balaban J connectivity index is 1.50. The summed E-state index contributed by atoms with van der Waals surface area (Å²) >= 11 is 0. The molecule has 1 aliphatic carbocycles. The molecule has 2 aromatic rings. The van der Waals surface area contributed by atoms with Crippen LogP contribution < -0.4 is 15.4 Å². The molecule has 2 aromatic carbocycles. The number of carbonyl (C=O) groups is 2. The molecule has 1 heterocycles. The molecular formula is C23H29N3O5. The van der Waals surface area contributed by atoms with Gasteiger partial charge in [-0.1, -0.05) is 24.3 Å². The van der Waals surface area contributed by atoms with Crippen LogP contribution in [0.25, 0.3) is 10.8 Å². The number of rotatable bonds is 8. The molecule has 1 saturated carbocycles. The smallest absolute Gasteiger partial charge is 0.406 e. The SMILES string of the molecule is COC(=O)NCCOc1cc(CN(C(=O)[C@H]2CNCCO2)C2CC2)cc2ccccc12. The van der Waals surface area contributed by atoms with Crippen LogP contribution in [0.2, 0.25) is 0 Å². The summed E-state index contributed by atoms with van der Waals surface area (Å²) in [4.78, 5) is 26.3. The Hall–Kier alpha value is -2.84. The van der Waals surface area contributed by atoms with Gasteiger partial charge >= 0.3 is 6.09 Å². The highest BCUT2D eigenvalue weighted by Crippen LogP contribution is 2.32. The largest absolute Gasteiger partial charge is 0.491 e. The van der Waals surface area contributed by atoms with E-state index in [4.69, 9.17) is 9.47 Å². The van der Waals surface area contributed by atoms with E-state index in [-0.39, 0.29) is 11.9 Å². The van der Waals surface area contributed by atoms with Gasteiger partial charge in [0.25, 0.3) is 5.91 Å². The normalized spacial score (nSPS) is 18.4. The maximum Gasteiger partial charge on any atom is 0.406 e.